The highest BCUT2D eigenvalue weighted by atomic mass is 35.5. The summed E-state index contributed by atoms with van der Waals surface area (Å²) in [6.07, 6.45) is -0.737. The zero-order valence-electron chi connectivity index (χ0n) is 22.9. The van der Waals surface area contributed by atoms with Gasteiger partial charge in [-0.25, -0.2) is 9.78 Å². The molecule has 224 valence electrons. The summed E-state index contributed by atoms with van der Waals surface area (Å²) in [6, 6.07) is 10.4. The van der Waals surface area contributed by atoms with Gasteiger partial charge in [-0.1, -0.05) is 35.9 Å². The molecule has 0 spiro atoms. The summed E-state index contributed by atoms with van der Waals surface area (Å²) in [5.41, 5.74) is -0.114. The molecule has 0 atom stereocenters. The van der Waals surface area contributed by atoms with Crippen molar-refractivity contribution in [2.45, 2.75) is 44.9 Å². The molecule has 0 bridgehead atoms. The number of piperidine rings is 1. The standard InChI is InChI=1S/C29H31ClF3N5O4/c30-22-8-3-2-7-21(22)19-41-28(40)38-14-6-13-36(15-16-38)24-10-9-20(18-34-24)17-23(39)25-26(29(31,32)33)35-27(42-25)37-11-4-1-5-12-37/h2-3,7-10,18H,1,4-6,11-17,19H2. The number of hydrogen-bond acceptors (Lipinski definition) is 8. The lowest BCUT2D eigenvalue weighted by Crippen LogP contribution is -2.35. The largest absolute Gasteiger partial charge is 0.444 e. The molecular formula is C29H31ClF3N5O4. The van der Waals surface area contributed by atoms with E-state index in [1.807, 2.05) is 11.0 Å². The summed E-state index contributed by atoms with van der Waals surface area (Å²) >= 11 is 6.14. The smallest absolute Gasteiger partial charge is 0.437 e. The lowest BCUT2D eigenvalue weighted by Gasteiger charge is -2.24. The van der Waals surface area contributed by atoms with Crippen LogP contribution in [-0.4, -0.2) is 66.0 Å². The Kier molecular flexibility index (Phi) is 9.20. The van der Waals surface area contributed by atoms with Gasteiger partial charge >= 0.3 is 12.3 Å². The van der Waals surface area contributed by atoms with Crippen LogP contribution in [0.25, 0.3) is 0 Å². The van der Waals surface area contributed by atoms with Crippen LogP contribution >= 0.6 is 11.6 Å². The predicted molar refractivity (Wildman–Crippen MR) is 150 cm³/mol. The van der Waals surface area contributed by atoms with Crippen LogP contribution in [0.5, 0.6) is 0 Å². The van der Waals surface area contributed by atoms with Gasteiger partial charge in [0.1, 0.15) is 12.4 Å². The number of nitrogens with zero attached hydrogens (tertiary/aromatic N) is 5. The number of aromatic nitrogens is 2. The second-order valence-electron chi connectivity index (χ2n) is 10.3. The molecule has 1 amide bonds. The van der Waals surface area contributed by atoms with Crippen molar-refractivity contribution < 1.29 is 31.9 Å². The number of amides is 1. The average molecular weight is 606 g/mol. The van der Waals surface area contributed by atoms with Gasteiger partial charge in [-0.05, 0) is 43.4 Å². The van der Waals surface area contributed by atoms with Gasteiger partial charge in [0.2, 0.25) is 11.5 Å². The Morgan fingerprint density at radius 1 is 0.929 bits per heavy atom. The first-order valence-electron chi connectivity index (χ1n) is 13.9. The van der Waals surface area contributed by atoms with Crippen LogP contribution in [0.15, 0.2) is 47.0 Å². The molecule has 5 rings (SSSR count). The highest BCUT2D eigenvalue weighted by molar-refractivity contribution is 6.31. The fourth-order valence-corrected chi connectivity index (χ4v) is 5.25. The summed E-state index contributed by atoms with van der Waals surface area (Å²) in [6.45, 7) is 3.25. The van der Waals surface area contributed by atoms with Crippen molar-refractivity contribution in [1.29, 1.82) is 0 Å². The summed E-state index contributed by atoms with van der Waals surface area (Å²) in [7, 11) is 0. The van der Waals surface area contributed by atoms with Crippen LogP contribution in [-0.2, 0) is 23.9 Å². The number of oxazole rings is 1. The number of halogens is 4. The van der Waals surface area contributed by atoms with E-state index in [4.69, 9.17) is 20.8 Å². The Balaban J connectivity index is 1.18. The summed E-state index contributed by atoms with van der Waals surface area (Å²) < 4.78 is 51.9. The van der Waals surface area contributed by atoms with Crippen molar-refractivity contribution in [2.75, 3.05) is 49.1 Å². The number of alkyl halides is 3. The van der Waals surface area contributed by atoms with Gasteiger partial charge in [-0.3, -0.25) is 4.79 Å². The number of anilines is 2. The number of pyridine rings is 1. The number of benzene rings is 1. The van der Waals surface area contributed by atoms with E-state index in [0.29, 0.717) is 62.1 Å². The summed E-state index contributed by atoms with van der Waals surface area (Å²) in [4.78, 5) is 38.9. The van der Waals surface area contributed by atoms with Crippen LogP contribution in [0.2, 0.25) is 5.02 Å². The first-order valence-corrected chi connectivity index (χ1v) is 14.3. The maximum Gasteiger partial charge on any atom is 0.437 e. The van der Waals surface area contributed by atoms with Crippen LogP contribution in [0.4, 0.5) is 29.8 Å². The third kappa shape index (κ3) is 7.15. The van der Waals surface area contributed by atoms with Crippen molar-refractivity contribution >= 4 is 35.3 Å². The molecule has 2 aromatic heterocycles. The molecule has 2 saturated heterocycles. The average Bonchev–Trinajstić information content (AvgIpc) is 3.31. The molecule has 2 aliphatic rings. The molecule has 4 heterocycles. The molecule has 2 fully saturated rings. The highest BCUT2D eigenvalue weighted by Gasteiger charge is 2.41. The zero-order chi connectivity index (χ0) is 29.7. The summed E-state index contributed by atoms with van der Waals surface area (Å²) in [5.74, 6) is -0.949. The van der Waals surface area contributed by atoms with E-state index >= 15 is 0 Å². The Hall–Kier alpha value is -3.80. The van der Waals surface area contributed by atoms with Crippen molar-refractivity contribution in [3.63, 3.8) is 0 Å². The van der Waals surface area contributed by atoms with E-state index < -0.39 is 29.5 Å². The van der Waals surface area contributed by atoms with Crippen LogP contribution in [0.1, 0.15) is 53.1 Å². The molecule has 13 heteroatoms. The second-order valence-corrected chi connectivity index (χ2v) is 10.7. The number of Topliss-reactive ketones (excluding diaryl/α,β-unsaturated/α-hetero) is 1. The second kappa shape index (κ2) is 13.0. The van der Waals surface area contributed by atoms with Crippen LogP contribution in [0, 0.1) is 0 Å². The molecule has 0 saturated carbocycles. The Morgan fingerprint density at radius 3 is 2.40 bits per heavy atom. The van der Waals surface area contributed by atoms with Gasteiger partial charge in [-0.2, -0.15) is 18.2 Å². The van der Waals surface area contributed by atoms with Gasteiger partial charge in [0, 0.05) is 62.5 Å². The van der Waals surface area contributed by atoms with Crippen molar-refractivity contribution in [3.8, 4) is 0 Å². The number of carbonyl (C=O) groups excluding carboxylic acids is 2. The molecule has 0 N–H and O–H groups in total. The Morgan fingerprint density at radius 2 is 1.69 bits per heavy atom. The van der Waals surface area contributed by atoms with Crippen molar-refractivity contribution in [1.82, 2.24) is 14.9 Å². The molecule has 1 aromatic carbocycles. The van der Waals surface area contributed by atoms with Gasteiger partial charge in [-0.15, -0.1) is 0 Å². The molecule has 0 radical (unpaired) electrons. The van der Waals surface area contributed by atoms with E-state index in [0.717, 1.165) is 24.8 Å². The summed E-state index contributed by atoms with van der Waals surface area (Å²) in [5, 5.41) is 0.535. The van der Waals surface area contributed by atoms with E-state index in [1.165, 1.54) is 6.20 Å². The number of ketones is 1. The topological polar surface area (TPSA) is 92.0 Å². The number of rotatable bonds is 7. The molecular weight excluding hydrogens is 575 g/mol. The predicted octanol–water partition coefficient (Wildman–Crippen LogP) is 6.01. The third-order valence-electron chi connectivity index (χ3n) is 7.33. The van der Waals surface area contributed by atoms with Crippen LogP contribution < -0.4 is 9.80 Å². The van der Waals surface area contributed by atoms with Gasteiger partial charge in [0.15, 0.2) is 5.69 Å². The van der Waals surface area contributed by atoms with Gasteiger partial charge in [0.05, 0.1) is 0 Å². The minimum absolute atomic E-state index is 0.0819. The third-order valence-corrected chi connectivity index (χ3v) is 7.69. The number of hydrogen-bond donors (Lipinski definition) is 0. The molecule has 0 unspecified atom stereocenters. The minimum atomic E-state index is -4.81. The first kappa shape index (κ1) is 29.7. The first-order chi connectivity index (χ1) is 20.2. The fraction of sp³-hybridized carbons (Fsp3) is 0.448. The quantitative estimate of drug-likeness (QED) is 0.303. The molecule has 42 heavy (non-hydrogen) atoms. The van der Waals surface area contributed by atoms with E-state index in [1.54, 1.807) is 40.1 Å². The van der Waals surface area contributed by atoms with Crippen molar-refractivity contribution in [2.24, 2.45) is 0 Å². The van der Waals surface area contributed by atoms with Gasteiger partial charge < -0.3 is 23.9 Å². The maximum absolute atomic E-state index is 13.7. The lowest BCUT2D eigenvalue weighted by molar-refractivity contribution is -0.141. The maximum atomic E-state index is 13.7. The van der Waals surface area contributed by atoms with Crippen LogP contribution in [0.3, 0.4) is 0 Å². The number of carbonyl (C=O) groups is 2. The monoisotopic (exact) mass is 605 g/mol. The lowest BCUT2D eigenvalue weighted by atomic mass is 10.1. The Labute approximate surface area is 246 Å². The van der Waals surface area contributed by atoms with E-state index in [2.05, 4.69) is 9.97 Å². The fourth-order valence-electron chi connectivity index (χ4n) is 5.06. The van der Waals surface area contributed by atoms with Gasteiger partial charge in [0.25, 0.3) is 6.01 Å². The molecule has 3 aromatic rings. The normalized spacial score (nSPS) is 16.3. The SMILES string of the molecule is O=C(Cc1ccc(N2CCCN(C(=O)OCc3ccccc3Cl)CC2)nc1)c1oc(N2CCCCC2)nc1C(F)(F)F. The number of ether oxygens (including phenoxy) is 1. The Bertz CT molecular complexity index is 1390. The molecule has 2 aliphatic heterocycles. The highest BCUT2D eigenvalue weighted by Crippen LogP contribution is 2.35. The van der Waals surface area contributed by atoms with E-state index in [-0.39, 0.29) is 19.0 Å². The molecule has 9 nitrogen and oxygen atoms in total. The van der Waals surface area contributed by atoms with Crippen molar-refractivity contribution in [3.05, 3.63) is 70.2 Å². The molecule has 0 aliphatic carbocycles. The van der Waals surface area contributed by atoms with E-state index in [9.17, 15) is 22.8 Å². The minimum Gasteiger partial charge on any atom is -0.444 e. The zero-order valence-corrected chi connectivity index (χ0v) is 23.7.